The van der Waals surface area contributed by atoms with Crippen LogP contribution in [0.1, 0.15) is 20.7 Å². The number of nitrogens with zero attached hydrogens (tertiary/aromatic N) is 1. The van der Waals surface area contributed by atoms with Gasteiger partial charge >= 0.3 is 11.9 Å². The van der Waals surface area contributed by atoms with Gasteiger partial charge in [0, 0.05) is 4.47 Å². The molecule has 0 unspecified atom stereocenters. The number of benzene rings is 3. The van der Waals surface area contributed by atoms with Crippen molar-refractivity contribution < 1.29 is 28.7 Å². The van der Waals surface area contributed by atoms with Gasteiger partial charge in [-0.15, -0.1) is 0 Å². The van der Waals surface area contributed by atoms with Gasteiger partial charge in [-0.3, -0.25) is 9.59 Å². The first-order chi connectivity index (χ1) is 15.5. The van der Waals surface area contributed by atoms with E-state index in [1.54, 1.807) is 60.7 Å². The Morgan fingerprint density at radius 1 is 0.656 bits per heavy atom. The number of hydrogen-bond donors (Lipinski definition) is 0. The fraction of sp³-hybridized carbons (Fsp3) is 0.0833. The molecule has 7 nitrogen and oxygen atoms in total. The van der Waals surface area contributed by atoms with Gasteiger partial charge in [0.25, 0.3) is 11.8 Å². The summed E-state index contributed by atoms with van der Waals surface area (Å²) < 4.78 is 11.5. The van der Waals surface area contributed by atoms with Crippen molar-refractivity contribution in [2.75, 3.05) is 4.90 Å². The number of amides is 2. The average Bonchev–Trinajstić information content (AvgIpc) is 3.04. The molecule has 160 valence electrons. The van der Waals surface area contributed by atoms with Crippen LogP contribution in [0.3, 0.4) is 0 Å². The first kappa shape index (κ1) is 21.5. The summed E-state index contributed by atoms with van der Waals surface area (Å²) in [7, 11) is 0. The molecule has 3 aromatic carbocycles. The summed E-state index contributed by atoms with van der Waals surface area (Å²) in [4.78, 5) is 52.3. The Kier molecular flexibility index (Phi) is 6.13. The van der Waals surface area contributed by atoms with Crippen LogP contribution < -0.4 is 4.90 Å². The summed E-state index contributed by atoms with van der Waals surface area (Å²) in [6.45, 7) is 0. The van der Waals surface area contributed by atoms with Gasteiger partial charge in [-0.2, -0.15) is 0 Å². The minimum Gasteiger partial charge on any atom is -0.444 e. The lowest BCUT2D eigenvalue weighted by Gasteiger charge is -2.16. The molecular formula is C24H16BrNO6. The molecule has 0 aromatic heterocycles. The van der Waals surface area contributed by atoms with Gasteiger partial charge in [0.05, 0.1) is 16.8 Å². The Morgan fingerprint density at radius 2 is 1.06 bits per heavy atom. The van der Waals surface area contributed by atoms with Crippen LogP contribution in [0.25, 0.3) is 0 Å². The standard InChI is InChI=1S/C24H16BrNO6/c25-17-11-13-18(14-12-17)26-21(27)19(31-23(29)15-7-3-1-4-8-15)20(22(26)28)32-24(30)16-9-5-2-6-10-16/h1-14,19-20H/t19-,20+. The van der Waals surface area contributed by atoms with Gasteiger partial charge in [-0.1, -0.05) is 52.3 Å². The van der Waals surface area contributed by atoms with Gasteiger partial charge in [0.15, 0.2) is 0 Å². The minimum atomic E-state index is -1.62. The highest BCUT2D eigenvalue weighted by molar-refractivity contribution is 9.10. The molecule has 8 heteroatoms. The zero-order chi connectivity index (χ0) is 22.7. The molecule has 3 aromatic rings. The second kappa shape index (κ2) is 9.15. The number of halogens is 1. The van der Waals surface area contributed by atoms with Crippen molar-refractivity contribution in [1.82, 2.24) is 0 Å². The third-order valence-electron chi connectivity index (χ3n) is 4.77. The Balaban J connectivity index is 1.65. The van der Waals surface area contributed by atoms with Crippen LogP contribution in [-0.4, -0.2) is 36.0 Å². The second-order valence-electron chi connectivity index (χ2n) is 6.87. The number of carbonyl (C=O) groups excluding carboxylic acids is 4. The van der Waals surface area contributed by atoms with E-state index < -0.39 is 36.0 Å². The number of hydrogen-bond acceptors (Lipinski definition) is 6. The normalized spacial score (nSPS) is 17.8. The van der Waals surface area contributed by atoms with Crippen molar-refractivity contribution in [3.8, 4) is 0 Å². The maximum Gasteiger partial charge on any atom is 0.339 e. The van der Waals surface area contributed by atoms with E-state index in [0.717, 1.165) is 9.37 Å². The predicted molar refractivity (Wildman–Crippen MR) is 118 cm³/mol. The fourth-order valence-corrected chi connectivity index (χ4v) is 3.47. The van der Waals surface area contributed by atoms with Gasteiger partial charge in [0.1, 0.15) is 0 Å². The zero-order valence-corrected chi connectivity index (χ0v) is 18.1. The zero-order valence-electron chi connectivity index (χ0n) is 16.5. The Hall–Kier alpha value is -3.78. The first-order valence-corrected chi connectivity index (χ1v) is 10.4. The van der Waals surface area contributed by atoms with Gasteiger partial charge in [-0.05, 0) is 48.5 Å². The molecule has 0 saturated carbocycles. The van der Waals surface area contributed by atoms with Crippen LogP contribution in [0.15, 0.2) is 89.4 Å². The molecule has 1 aliphatic rings. The molecular weight excluding hydrogens is 478 g/mol. The van der Waals surface area contributed by atoms with E-state index in [-0.39, 0.29) is 16.8 Å². The molecule has 0 N–H and O–H groups in total. The highest BCUT2D eigenvalue weighted by Crippen LogP contribution is 2.29. The van der Waals surface area contributed by atoms with E-state index in [4.69, 9.17) is 9.47 Å². The maximum absolute atomic E-state index is 13.1. The number of rotatable bonds is 5. The summed E-state index contributed by atoms with van der Waals surface area (Å²) >= 11 is 3.30. The fourth-order valence-electron chi connectivity index (χ4n) is 3.21. The highest BCUT2D eigenvalue weighted by Gasteiger charge is 2.53. The third-order valence-corrected chi connectivity index (χ3v) is 5.30. The van der Waals surface area contributed by atoms with Crippen molar-refractivity contribution in [2.45, 2.75) is 12.2 Å². The van der Waals surface area contributed by atoms with Gasteiger partial charge < -0.3 is 9.47 Å². The number of imide groups is 1. The van der Waals surface area contributed by atoms with E-state index in [9.17, 15) is 19.2 Å². The number of esters is 2. The van der Waals surface area contributed by atoms with E-state index in [2.05, 4.69) is 15.9 Å². The van der Waals surface area contributed by atoms with Crippen molar-refractivity contribution in [1.29, 1.82) is 0 Å². The van der Waals surface area contributed by atoms with E-state index in [1.807, 2.05) is 0 Å². The van der Waals surface area contributed by atoms with Gasteiger partial charge in [-0.25, -0.2) is 14.5 Å². The van der Waals surface area contributed by atoms with Crippen molar-refractivity contribution in [3.63, 3.8) is 0 Å². The molecule has 32 heavy (non-hydrogen) atoms. The molecule has 1 aliphatic heterocycles. The molecule has 0 spiro atoms. The monoisotopic (exact) mass is 493 g/mol. The first-order valence-electron chi connectivity index (χ1n) is 9.61. The van der Waals surface area contributed by atoms with Crippen LogP contribution in [0.5, 0.6) is 0 Å². The second-order valence-corrected chi connectivity index (χ2v) is 7.79. The molecule has 2 atom stereocenters. The number of anilines is 1. The summed E-state index contributed by atoms with van der Waals surface area (Å²) in [5.74, 6) is -3.22. The van der Waals surface area contributed by atoms with Crippen molar-refractivity contribution >= 4 is 45.4 Å². The predicted octanol–water partition coefficient (Wildman–Crippen LogP) is 3.77. The summed E-state index contributed by atoms with van der Waals surface area (Å²) in [6, 6.07) is 22.5. The largest absolute Gasteiger partial charge is 0.444 e. The molecule has 0 aliphatic carbocycles. The quantitative estimate of drug-likeness (QED) is 0.396. The Labute approximate surface area is 191 Å². The lowest BCUT2D eigenvalue weighted by Crippen LogP contribution is -2.37. The molecule has 0 radical (unpaired) electrons. The molecule has 0 bridgehead atoms. The molecule has 1 heterocycles. The molecule has 1 saturated heterocycles. The van der Waals surface area contributed by atoms with Crippen LogP contribution in [0.2, 0.25) is 0 Å². The number of ether oxygens (including phenoxy) is 2. The summed E-state index contributed by atoms with van der Waals surface area (Å²) in [6.07, 6.45) is -3.24. The van der Waals surface area contributed by atoms with Crippen LogP contribution in [0, 0.1) is 0 Å². The topological polar surface area (TPSA) is 90.0 Å². The molecule has 4 rings (SSSR count). The van der Waals surface area contributed by atoms with Crippen LogP contribution in [0.4, 0.5) is 5.69 Å². The number of carbonyl (C=O) groups is 4. The summed E-state index contributed by atoms with van der Waals surface area (Å²) in [5.41, 5.74) is 0.660. The van der Waals surface area contributed by atoms with Crippen LogP contribution in [-0.2, 0) is 19.1 Å². The SMILES string of the molecule is O=C(O[C@@H]1C(=O)N(c2ccc(Br)cc2)C(=O)[C@@H]1OC(=O)c1ccccc1)c1ccccc1. The lowest BCUT2D eigenvalue weighted by molar-refractivity contribution is -0.130. The average molecular weight is 494 g/mol. The Bertz CT molecular complexity index is 1090. The Morgan fingerprint density at radius 3 is 1.47 bits per heavy atom. The van der Waals surface area contributed by atoms with Crippen molar-refractivity contribution in [3.05, 3.63) is 101 Å². The molecule has 1 fully saturated rings. The van der Waals surface area contributed by atoms with Crippen molar-refractivity contribution in [2.24, 2.45) is 0 Å². The van der Waals surface area contributed by atoms with E-state index in [1.165, 1.54) is 24.3 Å². The molecule has 2 amide bonds. The minimum absolute atomic E-state index is 0.197. The van der Waals surface area contributed by atoms with E-state index in [0.29, 0.717) is 0 Å². The smallest absolute Gasteiger partial charge is 0.339 e. The third kappa shape index (κ3) is 4.31. The summed E-state index contributed by atoms with van der Waals surface area (Å²) in [5, 5.41) is 0. The van der Waals surface area contributed by atoms with Crippen LogP contribution >= 0.6 is 15.9 Å². The highest BCUT2D eigenvalue weighted by atomic mass is 79.9. The lowest BCUT2D eigenvalue weighted by atomic mass is 10.2. The van der Waals surface area contributed by atoms with Gasteiger partial charge in [0.2, 0.25) is 12.2 Å². The maximum atomic E-state index is 13.1. The van der Waals surface area contributed by atoms with E-state index >= 15 is 0 Å².